The van der Waals surface area contributed by atoms with E-state index in [2.05, 4.69) is 10.6 Å². The van der Waals surface area contributed by atoms with Crippen LogP contribution in [0, 0.1) is 11.8 Å². The van der Waals surface area contributed by atoms with Gasteiger partial charge in [-0.25, -0.2) is 4.79 Å². The predicted octanol–water partition coefficient (Wildman–Crippen LogP) is 1.88. The normalized spacial score (nSPS) is 17.9. The second-order valence-electron chi connectivity index (χ2n) is 7.93. The molecule has 1 aromatic rings. The highest BCUT2D eigenvalue weighted by atomic mass is 16.5. The van der Waals surface area contributed by atoms with Gasteiger partial charge in [0.2, 0.25) is 5.78 Å². The van der Waals surface area contributed by atoms with Gasteiger partial charge in [0, 0.05) is 12.6 Å². The molecule has 2 rings (SSSR count). The third-order valence-corrected chi connectivity index (χ3v) is 5.67. The Morgan fingerprint density at radius 1 is 1.10 bits per heavy atom. The summed E-state index contributed by atoms with van der Waals surface area (Å²) in [7, 11) is 3.02. The predicted molar refractivity (Wildman–Crippen MR) is 114 cm³/mol. The van der Waals surface area contributed by atoms with Crippen LogP contribution in [0.3, 0.4) is 0 Å². The Labute approximate surface area is 182 Å². The fourth-order valence-corrected chi connectivity index (χ4v) is 3.43. The van der Waals surface area contributed by atoms with Gasteiger partial charge in [-0.15, -0.1) is 0 Å². The number of nitrogens with zero attached hydrogens (tertiary/aromatic N) is 1. The summed E-state index contributed by atoms with van der Waals surface area (Å²) in [6.45, 7) is 7.49. The maximum absolute atomic E-state index is 12.8. The Bertz CT molecular complexity index is 831. The molecule has 9 nitrogen and oxygen atoms in total. The monoisotopic (exact) mass is 433 g/mol. The second kappa shape index (κ2) is 10.3. The van der Waals surface area contributed by atoms with Crippen LogP contribution in [0.5, 0.6) is 11.5 Å². The number of nitrogens with one attached hydrogen (secondary N) is 2. The Morgan fingerprint density at radius 3 is 2.16 bits per heavy atom. The van der Waals surface area contributed by atoms with Crippen molar-refractivity contribution in [2.75, 3.05) is 14.2 Å². The van der Waals surface area contributed by atoms with Gasteiger partial charge in [-0.3, -0.25) is 19.3 Å². The van der Waals surface area contributed by atoms with E-state index in [1.54, 1.807) is 25.1 Å². The molecular formula is C22H31N3O6. The molecular weight excluding hydrogens is 402 g/mol. The maximum atomic E-state index is 12.8. The van der Waals surface area contributed by atoms with E-state index in [0.717, 1.165) is 4.90 Å². The van der Waals surface area contributed by atoms with Crippen molar-refractivity contribution in [3.63, 3.8) is 0 Å². The van der Waals surface area contributed by atoms with Gasteiger partial charge in [0.05, 0.1) is 14.2 Å². The van der Waals surface area contributed by atoms with Gasteiger partial charge in [0.15, 0.2) is 0 Å². The van der Waals surface area contributed by atoms with Crippen molar-refractivity contribution in [1.82, 2.24) is 15.5 Å². The zero-order valence-corrected chi connectivity index (χ0v) is 18.9. The minimum absolute atomic E-state index is 0.0573. The first-order chi connectivity index (χ1) is 14.6. The molecule has 31 heavy (non-hydrogen) atoms. The molecule has 0 aromatic heterocycles. The number of urea groups is 1. The van der Waals surface area contributed by atoms with E-state index in [9.17, 15) is 19.2 Å². The Morgan fingerprint density at radius 2 is 1.68 bits per heavy atom. The van der Waals surface area contributed by atoms with Gasteiger partial charge in [-0.1, -0.05) is 27.7 Å². The summed E-state index contributed by atoms with van der Waals surface area (Å²) in [5.74, 6) is -1.03. The van der Waals surface area contributed by atoms with E-state index in [1.165, 1.54) is 14.2 Å². The molecule has 0 saturated carbocycles. The lowest BCUT2D eigenvalue weighted by Crippen LogP contribution is -2.50. The number of carbonyl (C=O) groups is 4. The van der Waals surface area contributed by atoms with Gasteiger partial charge in [-0.05, 0) is 36.0 Å². The molecule has 1 fully saturated rings. The number of amides is 4. The van der Waals surface area contributed by atoms with E-state index in [1.807, 2.05) is 20.8 Å². The van der Waals surface area contributed by atoms with Gasteiger partial charge >= 0.3 is 6.03 Å². The molecule has 1 heterocycles. The minimum atomic E-state index is -1.16. The first kappa shape index (κ1) is 24.2. The molecule has 0 radical (unpaired) electrons. The first-order valence-corrected chi connectivity index (χ1v) is 10.3. The third kappa shape index (κ3) is 5.34. The van der Waals surface area contributed by atoms with Crippen molar-refractivity contribution in [2.24, 2.45) is 11.8 Å². The van der Waals surface area contributed by atoms with Crippen LogP contribution in [0.2, 0.25) is 0 Å². The van der Waals surface area contributed by atoms with E-state index < -0.39 is 35.7 Å². The summed E-state index contributed by atoms with van der Waals surface area (Å²) >= 11 is 0. The molecule has 170 valence electrons. The number of imide groups is 1. The number of hydrogen-bond acceptors (Lipinski definition) is 6. The smallest absolute Gasteiger partial charge is 0.325 e. The molecule has 0 bridgehead atoms. The SMILES string of the molecule is CCC(C(=O)C(=O)NCc1cc(OC)cc(OC)c1)N1C(=O)N[C@@H](C(C)C(C)C)C1=O. The summed E-state index contributed by atoms with van der Waals surface area (Å²) < 4.78 is 10.4. The molecule has 1 saturated heterocycles. The summed E-state index contributed by atoms with van der Waals surface area (Å²) in [5, 5.41) is 5.20. The van der Waals surface area contributed by atoms with Crippen LogP contribution in [0.1, 0.15) is 39.7 Å². The lowest BCUT2D eigenvalue weighted by Gasteiger charge is -2.24. The number of carbonyl (C=O) groups excluding carboxylic acids is 4. The molecule has 1 aromatic carbocycles. The number of benzene rings is 1. The van der Waals surface area contributed by atoms with Crippen LogP contribution >= 0.6 is 0 Å². The number of methoxy groups -OCH3 is 2. The minimum Gasteiger partial charge on any atom is -0.497 e. The topological polar surface area (TPSA) is 114 Å². The Hall–Kier alpha value is -3.10. The Kier molecular flexibility index (Phi) is 8.01. The molecule has 3 atom stereocenters. The van der Waals surface area contributed by atoms with Crippen molar-refractivity contribution in [3.05, 3.63) is 23.8 Å². The molecule has 0 aliphatic carbocycles. The number of hydrogen-bond donors (Lipinski definition) is 2. The average molecular weight is 434 g/mol. The van der Waals surface area contributed by atoms with Crippen LogP contribution in [-0.2, 0) is 20.9 Å². The van der Waals surface area contributed by atoms with Crippen molar-refractivity contribution in [2.45, 2.75) is 52.7 Å². The third-order valence-electron chi connectivity index (χ3n) is 5.67. The highest BCUT2D eigenvalue weighted by molar-refractivity contribution is 6.39. The summed E-state index contributed by atoms with van der Waals surface area (Å²) in [4.78, 5) is 51.5. The zero-order chi connectivity index (χ0) is 23.3. The highest BCUT2D eigenvalue weighted by Crippen LogP contribution is 2.24. The van der Waals surface area contributed by atoms with Gasteiger partial charge in [0.1, 0.15) is 23.6 Å². The largest absolute Gasteiger partial charge is 0.497 e. The van der Waals surface area contributed by atoms with Crippen LogP contribution in [0.4, 0.5) is 4.79 Å². The number of rotatable bonds is 10. The van der Waals surface area contributed by atoms with E-state index in [4.69, 9.17) is 9.47 Å². The molecule has 9 heteroatoms. The fraction of sp³-hybridized carbons (Fsp3) is 0.545. The molecule has 4 amide bonds. The summed E-state index contributed by atoms with van der Waals surface area (Å²) in [6.07, 6.45) is 0.140. The summed E-state index contributed by atoms with van der Waals surface area (Å²) in [5.41, 5.74) is 0.672. The maximum Gasteiger partial charge on any atom is 0.325 e. The number of ketones is 1. The van der Waals surface area contributed by atoms with Crippen LogP contribution in [-0.4, -0.2) is 54.8 Å². The zero-order valence-electron chi connectivity index (χ0n) is 18.9. The van der Waals surface area contributed by atoms with Crippen LogP contribution in [0.15, 0.2) is 18.2 Å². The van der Waals surface area contributed by atoms with Gasteiger partial charge < -0.3 is 20.1 Å². The van der Waals surface area contributed by atoms with Gasteiger partial charge in [-0.2, -0.15) is 0 Å². The summed E-state index contributed by atoms with van der Waals surface area (Å²) in [6, 6.07) is 2.60. The van der Waals surface area contributed by atoms with Crippen LogP contribution in [0.25, 0.3) is 0 Å². The molecule has 1 aliphatic heterocycles. The quantitative estimate of drug-likeness (QED) is 0.430. The highest BCUT2D eigenvalue weighted by Gasteiger charge is 2.47. The van der Waals surface area contributed by atoms with Crippen LogP contribution < -0.4 is 20.1 Å². The lowest BCUT2D eigenvalue weighted by atomic mass is 9.90. The van der Waals surface area contributed by atoms with Crippen molar-refractivity contribution in [3.8, 4) is 11.5 Å². The fourth-order valence-electron chi connectivity index (χ4n) is 3.43. The molecule has 0 spiro atoms. The first-order valence-electron chi connectivity index (χ1n) is 10.3. The van der Waals surface area contributed by atoms with Crippen molar-refractivity contribution < 1.29 is 28.7 Å². The average Bonchev–Trinajstić information content (AvgIpc) is 3.05. The van der Waals surface area contributed by atoms with Gasteiger partial charge in [0.25, 0.3) is 11.8 Å². The lowest BCUT2D eigenvalue weighted by molar-refractivity contribution is -0.143. The van der Waals surface area contributed by atoms with Crippen molar-refractivity contribution in [1.29, 1.82) is 0 Å². The van der Waals surface area contributed by atoms with Crippen molar-refractivity contribution >= 4 is 23.6 Å². The molecule has 2 unspecified atom stereocenters. The molecule has 2 N–H and O–H groups in total. The van der Waals surface area contributed by atoms with E-state index >= 15 is 0 Å². The van der Waals surface area contributed by atoms with E-state index in [-0.39, 0.29) is 24.8 Å². The van der Waals surface area contributed by atoms with E-state index in [0.29, 0.717) is 17.1 Å². The number of ether oxygens (including phenoxy) is 2. The number of Topliss-reactive ketones (excluding diaryl/α,β-unsaturated/α-hetero) is 1. The standard InChI is InChI=1S/C22H31N3O6/c1-7-17(25-21(28)18(24-22(25)29)13(4)12(2)3)19(26)20(27)23-11-14-8-15(30-5)10-16(9-14)31-6/h8-10,12-13,17-18H,7,11H2,1-6H3,(H,23,27)(H,24,29)/t13?,17?,18-/m0/s1. The Balaban J connectivity index is 2.11. The molecule has 1 aliphatic rings. The second-order valence-corrected chi connectivity index (χ2v) is 7.93.